The molecule has 122 valence electrons. The Morgan fingerprint density at radius 1 is 1.17 bits per heavy atom. The first-order valence-electron chi connectivity index (χ1n) is 6.98. The highest BCUT2D eigenvalue weighted by Crippen LogP contribution is 2.17. The molecule has 0 unspecified atom stereocenters. The highest BCUT2D eigenvalue weighted by Gasteiger charge is 2.15. The molecular formula is C15H13N5O4. The van der Waals surface area contributed by atoms with Gasteiger partial charge >= 0.3 is 5.97 Å². The van der Waals surface area contributed by atoms with Crippen molar-refractivity contribution >= 4 is 28.9 Å². The minimum Gasteiger partial charge on any atom is -0.484 e. The maximum absolute atomic E-state index is 12.1. The highest BCUT2D eigenvalue weighted by molar-refractivity contribution is 5.97. The Labute approximate surface area is 136 Å². The van der Waals surface area contributed by atoms with E-state index in [0.29, 0.717) is 5.75 Å². The Bertz CT molecular complexity index is 878. The lowest BCUT2D eigenvalue weighted by atomic mass is 10.3. The Morgan fingerprint density at radius 3 is 2.71 bits per heavy atom. The zero-order valence-corrected chi connectivity index (χ0v) is 12.7. The van der Waals surface area contributed by atoms with Gasteiger partial charge in [0.2, 0.25) is 0 Å². The number of carbonyl (C=O) groups is 2. The zero-order chi connectivity index (χ0) is 16.9. The number of hydrogen-bond donors (Lipinski definition) is 1. The quantitative estimate of drug-likeness (QED) is 0.739. The van der Waals surface area contributed by atoms with Crippen LogP contribution < -0.4 is 14.9 Å². The van der Waals surface area contributed by atoms with Crippen molar-refractivity contribution in [1.82, 2.24) is 19.7 Å². The van der Waals surface area contributed by atoms with Crippen molar-refractivity contribution in [3.8, 4) is 5.75 Å². The molecule has 2 heterocycles. The molecule has 0 aliphatic heterocycles. The number of carbonyl (C=O) groups excluding carboxylic acids is 2. The first-order valence-corrected chi connectivity index (χ1v) is 6.98. The third kappa shape index (κ3) is 3.46. The molecule has 0 fully saturated rings. The van der Waals surface area contributed by atoms with Gasteiger partial charge in [-0.05, 0) is 12.1 Å². The van der Waals surface area contributed by atoms with E-state index in [1.54, 1.807) is 24.3 Å². The van der Waals surface area contributed by atoms with E-state index in [1.165, 1.54) is 19.6 Å². The first-order chi connectivity index (χ1) is 11.6. The predicted octanol–water partition coefficient (Wildman–Crippen LogP) is 0.819. The molecule has 3 rings (SSSR count). The van der Waals surface area contributed by atoms with E-state index >= 15 is 0 Å². The van der Waals surface area contributed by atoms with Crippen LogP contribution in [0, 0.1) is 0 Å². The zero-order valence-electron chi connectivity index (χ0n) is 12.7. The van der Waals surface area contributed by atoms with Crippen LogP contribution in [0.5, 0.6) is 5.75 Å². The molecule has 0 bridgehead atoms. The minimum atomic E-state index is -0.539. The average molecular weight is 327 g/mol. The third-order valence-corrected chi connectivity index (χ3v) is 2.91. The number of fused-ring (bicyclic) bond motifs is 1. The molecule has 0 spiro atoms. The number of nitrogens with zero attached hydrogens (tertiary/aromatic N) is 4. The van der Waals surface area contributed by atoms with E-state index in [4.69, 9.17) is 9.57 Å². The van der Waals surface area contributed by atoms with Gasteiger partial charge in [0.15, 0.2) is 23.6 Å². The number of hydrogen-bond acceptors (Lipinski definition) is 7. The van der Waals surface area contributed by atoms with Crippen molar-refractivity contribution in [2.24, 2.45) is 0 Å². The van der Waals surface area contributed by atoms with Crippen LogP contribution in [0.3, 0.4) is 0 Å². The number of aromatic nitrogens is 4. The average Bonchev–Trinajstić information content (AvgIpc) is 2.97. The summed E-state index contributed by atoms with van der Waals surface area (Å²) < 4.78 is 6.47. The van der Waals surface area contributed by atoms with E-state index in [9.17, 15) is 9.59 Å². The molecule has 1 amide bonds. The molecule has 0 saturated heterocycles. The van der Waals surface area contributed by atoms with Gasteiger partial charge in [-0.15, -0.1) is 0 Å². The van der Waals surface area contributed by atoms with Crippen molar-refractivity contribution in [1.29, 1.82) is 0 Å². The fraction of sp³-hybridized carbons (Fsp3) is 0.133. The summed E-state index contributed by atoms with van der Waals surface area (Å²) in [6.45, 7) is 1.05. The standard InChI is InChI=1S/C15H13N5O4/c1-10(21)24-20-9-18-14-13(20)15(17-8-16-14)19-12(22)7-23-11-5-3-2-4-6-11/h2-6,8-9H,7H2,1H3,(H,16,17,19,22). The van der Waals surface area contributed by atoms with Gasteiger partial charge in [-0.1, -0.05) is 18.2 Å². The van der Waals surface area contributed by atoms with Crippen LogP contribution in [-0.4, -0.2) is 38.2 Å². The molecule has 24 heavy (non-hydrogen) atoms. The van der Waals surface area contributed by atoms with Gasteiger partial charge in [0.1, 0.15) is 18.4 Å². The number of amides is 1. The Hall–Kier alpha value is -3.49. The van der Waals surface area contributed by atoms with Gasteiger partial charge in [0.05, 0.1) is 0 Å². The highest BCUT2D eigenvalue weighted by atomic mass is 16.7. The molecule has 1 aromatic carbocycles. The Morgan fingerprint density at radius 2 is 1.96 bits per heavy atom. The van der Waals surface area contributed by atoms with E-state index in [0.717, 1.165) is 4.73 Å². The number of imidazole rings is 1. The minimum absolute atomic E-state index is 0.167. The fourth-order valence-electron chi connectivity index (χ4n) is 1.96. The molecular weight excluding hydrogens is 314 g/mol. The summed E-state index contributed by atoms with van der Waals surface area (Å²) in [4.78, 5) is 40.1. The molecule has 3 aromatic rings. The van der Waals surface area contributed by atoms with Gasteiger partial charge in [-0.25, -0.2) is 19.7 Å². The lowest BCUT2D eigenvalue weighted by molar-refractivity contribution is -0.141. The molecule has 1 N–H and O–H groups in total. The summed E-state index contributed by atoms with van der Waals surface area (Å²) >= 11 is 0. The van der Waals surface area contributed by atoms with Crippen LogP contribution >= 0.6 is 0 Å². The van der Waals surface area contributed by atoms with E-state index in [2.05, 4.69) is 20.3 Å². The normalized spacial score (nSPS) is 10.4. The largest absolute Gasteiger partial charge is 0.484 e. The summed E-state index contributed by atoms with van der Waals surface area (Å²) in [5.41, 5.74) is 0.561. The number of nitrogens with one attached hydrogen (secondary N) is 1. The second-order valence-electron chi connectivity index (χ2n) is 4.70. The molecule has 0 atom stereocenters. The van der Waals surface area contributed by atoms with Crippen LogP contribution in [-0.2, 0) is 9.59 Å². The SMILES string of the molecule is CC(=O)On1cnc2ncnc(NC(=O)COc3ccccc3)c21. The second kappa shape index (κ2) is 6.73. The summed E-state index contributed by atoms with van der Waals surface area (Å²) in [6, 6.07) is 8.94. The van der Waals surface area contributed by atoms with Gasteiger partial charge in [0, 0.05) is 6.92 Å². The molecule has 0 radical (unpaired) electrons. The number of ether oxygens (including phenoxy) is 1. The van der Waals surface area contributed by atoms with Gasteiger partial charge in [-0.3, -0.25) is 4.79 Å². The van der Waals surface area contributed by atoms with E-state index in [-0.39, 0.29) is 23.6 Å². The summed E-state index contributed by atoms with van der Waals surface area (Å²) in [6.07, 6.45) is 2.53. The molecule has 0 saturated carbocycles. The number of para-hydroxylation sites is 1. The van der Waals surface area contributed by atoms with Crippen LogP contribution in [0.15, 0.2) is 43.0 Å². The van der Waals surface area contributed by atoms with Crippen LogP contribution in [0.4, 0.5) is 5.82 Å². The van der Waals surface area contributed by atoms with Gasteiger partial charge < -0.3 is 14.9 Å². The van der Waals surface area contributed by atoms with Gasteiger partial charge in [0.25, 0.3) is 5.91 Å². The van der Waals surface area contributed by atoms with Crippen LogP contribution in [0.2, 0.25) is 0 Å². The van der Waals surface area contributed by atoms with E-state index in [1.807, 2.05) is 6.07 Å². The maximum atomic E-state index is 12.1. The topological polar surface area (TPSA) is 108 Å². The van der Waals surface area contributed by atoms with E-state index < -0.39 is 11.9 Å². The van der Waals surface area contributed by atoms with Crippen molar-refractivity contribution < 1.29 is 19.2 Å². The lowest BCUT2D eigenvalue weighted by Gasteiger charge is -2.08. The summed E-state index contributed by atoms with van der Waals surface area (Å²) in [5.74, 6) is -0.219. The van der Waals surface area contributed by atoms with Crippen molar-refractivity contribution in [2.45, 2.75) is 6.92 Å². The fourth-order valence-corrected chi connectivity index (χ4v) is 1.96. The third-order valence-electron chi connectivity index (χ3n) is 2.91. The summed E-state index contributed by atoms with van der Waals surface area (Å²) in [5, 5.41) is 2.59. The number of anilines is 1. The van der Waals surface area contributed by atoms with Crippen molar-refractivity contribution in [2.75, 3.05) is 11.9 Å². The Balaban J connectivity index is 1.75. The van der Waals surface area contributed by atoms with Crippen molar-refractivity contribution in [3.05, 3.63) is 43.0 Å². The van der Waals surface area contributed by atoms with Crippen LogP contribution in [0.25, 0.3) is 11.2 Å². The van der Waals surface area contributed by atoms with Crippen molar-refractivity contribution in [3.63, 3.8) is 0 Å². The lowest BCUT2D eigenvalue weighted by Crippen LogP contribution is -2.22. The maximum Gasteiger partial charge on any atom is 0.329 e. The molecule has 0 aliphatic rings. The molecule has 9 nitrogen and oxygen atoms in total. The Kier molecular flexibility index (Phi) is 4.32. The number of rotatable bonds is 5. The van der Waals surface area contributed by atoms with Crippen LogP contribution in [0.1, 0.15) is 6.92 Å². The molecule has 0 aliphatic carbocycles. The number of benzene rings is 1. The smallest absolute Gasteiger partial charge is 0.329 e. The monoisotopic (exact) mass is 327 g/mol. The predicted molar refractivity (Wildman–Crippen MR) is 83.2 cm³/mol. The van der Waals surface area contributed by atoms with Gasteiger partial charge in [-0.2, -0.15) is 4.73 Å². The molecule has 2 aromatic heterocycles. The second-order valence-corrected chi connectivity index (χ2v) is 4.70. The summed E-state index contributed by atoms with van der Waals surface area (Å²) in [7, 11) is 0. The first kappa shape index (κ1) is 15.4. The molecule has 9 heteroatoms.